The Kier molecular flexibility index (Phi) is 15.4. The van der Waals surface area contributed by atoms with Crippen LogP contribution in [-0.2, 0) is 0 Å². The van der Waals surface area contributed by atoms with Gasteiger partial charge in [0.05, 0.1) is 0 Å². The maximum absolute atomic E-state index is 5.44. The maximum Gasteiger partial charge on any atom is 0.376 e. The van der Waals surface area contributed by atoms with Gasteiger partial charge in [-0.3, -0.25) is 10.0 Å². The Labute approximate surface area is 50.8 Å². The van der Waals surface area contributed by atoms with Crippen LogP contribution in [-0.4, -0.2) is 14.3 Å². The SMILES string of the molecule is C.CC[CH2][AlH][Cl]. The number of rotatable bonds is 2. The normalized spacial score (nSPS) is 6.33. The highest BCUT2D eigenvalue weighted by molar-refractivity contribution is 6.93. The molecular weight excluding hydrogens is 110 g/mol. The molecule has 0 spiro atoms. The highest BCUT2D eigenvalue weighted by atomic mass is 35.6. The second-order valence-corrected chi connectivity index (χ2v) is 3.26. The third-order valence-corrected chi connectivity index (χ3v) is 2.26. The molecule has 0 radical (unpaired) electrons. The molecule has 0 aliphatic rings. The van der Waals surface area contributed by atoms with Gasteiger partial charge in [-0.2, -0.15) is 0 Å². The van der Waals surface area contributed by atoms with Crippen molar-refractivity contribution in [2.45, 2.75) is 26.1 Å². The summed E-state index contributed by atoms with van der Waals surface area (Å²) < 4.78 is 0. The van der Waals surface area contributed by atoms with Crippen molar-refractivity contribution >= 4 is 24.3 Å². The third-order valence-electron chi connectivity index (χ3n) is 0.487. The van der Waals surface area contributed by atoms with E-state index in [1.807, 2.05) is 0 Å². The topological polar surface area (TPSA) is 0 Å². The summed E-state index contributed by atoms with van der Waals surface area (Å²) in [6.07, 6.45) is 1.27. The van der Waals surface area contributed by atoms with Crippen molar-refractivity contribution in [2.75, 3.05) is 0 Å². The minimum absolute atomic E-state index is 0. The molecule has 0 saturated carbocycles. The molecule has 0 amide bonds. The quantitative estimate of drug-likeness (QED) is 0.492. The van der Waals surface area contributed by atoms with Crippen molar-refractivity contribution < 1.29 is 0 Å². The molecule has 0 atom stereocenters. The molecule has 0 aliphatic heterocycles. The summed E-state index contributed by atoms with van der Waals surface area (Å²) in [5.41, 5.74) is 0. The van der Waals surface area contributed by atoms with Crippen LogP contribution in [0.5, 0.6) is 0 Å². The van der Waals surface area contributed by atoms with Crippen LogP contribution in [0.2, 0.25) is 5.28 Å². The minimum atomic E-state index is -0.114. The molecule has 0 aromatic carbocycles. The van der Waals surface area contributed by atoms with E-state index in [1.165, 1.54) is 11.7 Å². The molecule has 0 N–H and O–H groups in total. The molecule has 0 fully saturated rings. The van der Waals surface area contributed by atoms with Gasteiger partial charge in [-0.1, -0.05) is 26.1 Å². The van der Waals surface area contributed by atoms with Gasteiger partial charge in [-0.25, -0.2) is 0 Å². The predicted molar refractivity (Wildman–Crippen MR) is 34.8 cm³/mol. The molecule has 0 rings (SSSR count). The Morgan fingerprint density at radius 3 is 2.17 bits per heavy atom. The first kappa shape index (κ1) is 9.95. The summed E-state index contributed by atoms with van der Waals surface area (Å²) in [6.45, 7) is 2.16. The molecule has 0 nitrogen and oxygen atoms in total. The van der Waals surface area contributed by atoms with Crippen LogP contribution in [0.4, 0.5) is 0 Å². The first-order valence-corrected chi connectivity index (χ1v) is 5.11. The van der Waals surface area contributed by atoms with E-state index in [2.05, 4.69) is 6.92 Å². The molecule has 2 heteroatoms. The van der Waals surface area contributed by atoms with Crippen LogP contribution in [0.25, 0.3) is 0 Å². The van der Waals surface area contributed by atoms with Crippen LogP contribution in [0, 0.1) is 0 Å². The molecule has 38 valence electrons. The van der Waals surface area contributed by atoms with Gasteiger partial charge in [0.25, 0.3) is 0 Å². The zero-order valence-corrected chi connectivity index (χ0v) is 5.67. The summed E-state index contributed by atoms with van der Waals surface area (Å²) in [7, 11) is 5.44. The van der Waals surface area contributed by atoms with E-state index < -0.39 is 0 Å². The minimum Gasteiger partial charge on any atom is -0.267 e. The standard InChI is InChI=1S/C3H7.CH4.Al.ClH.H/c1-3-2;;;;/h1,3H2,2H3;1H4;;1H;/q;;+1;;/p-1. The summed E-state index contributed by atoms with van der Waals surface area (Å²) in [5.74, 6) is 0. The van der Waals surface area contributed by atoms with E-state index in [9.17, 15) is 0 Å². The van der Waals surface area contributed by atoms with Gasteiger partial charge in [0.15, 0.2) is 0 Å². The van der Waals surface area contributed by atoms with E-state index in [0.717, 1.165) is 0 Å². The van der Waals surface area contributed by atoms with Crippen LogP contribution >= 0.6 is 10.0 Å². The molecular formula is C4H12AlCl. The van der Waals surface area contributed by atoms with E-state index in [1.54, 1.807) is 0 Å². The average Bonchev–Trinajstić information content (AvgIpc) is 1.41. The number of halogens is 1. The van der Waals surface area contributed by atoms with E-state index in [4.69, 9.17) is 10.0 Å². The molecule has 0 unspecified atom stereocenters. The fourth-order valence-corrected chi connectivity index (χ4v) is 1.20. The Morgan fingerprint density at radius 1 is 1.67 bits per heavy atom. The maximum atomic E-state index is 5.44. The number of hydrogen-bond donors (Lipinski definition) is 0. The average molecular weight is 123 g/mol. The van der Waals surface area contributed by atoms with Crippen LogP contribution < -0.4 is 0 Å². The molecule has 0 bridgehead atoms. The van der Waals surface area contributed by atoms with Crippen molar-refractivity contribution in [3.63, 3.8) is 0 Å². The molecule has 0 heterocycles. The first-order valence-electron chi connectivity index (χ1n) is 1.97. The van der Waals surface area contributed by atoms with Gasteiger partial charge in [0.1, 0.15) is 0 Å². The lowest BCUT2D eigenvalue weighted by molar-refractivity contribution is 1.08. The van der Waals surface area contributed by atoms with E-state index in [-0.39, 0.29) is 21.7 Å². The molecule has 0 aliphatic carbocycles. The first-order chi connectivity index (χ1) is 2.41. The Balaban J connectivity index is 0. The molecule has 6 heavy (non-hydrogen) atoms. The fraction of sp³-hybridized carbons (Fsp3) is 1.00. The van der Waals surface area contributed by atoms with Gasteiger partial charge in [-0.15, -0.1) is 0 Å². The Morgan fingerprint density at radius 2 is 2.17 bits per heavy atom. The zero-order chi connectivity index (χ0) is 4.12. The highest BCUT2D eigenvalue weighted by Gasteiger charge is 1.78. The van der Waals surface area contributed by atoms with Gasteiger partial charge in [0, 0.05) is 0 Å². The van der Waals surface area contributed by atoms with Crippen molar-refractivity contribution in [2.24, 2.45) is 0 Å². The summed E-state index contributed by atoms with van der Waals surface area (Å²) in [4.78, 5) is 0. The van der Waals surface area contributed by atoms with Crippen molar-refractivity contribution in [1.82, 2.24) is 0 Å². The van der Waals surface area contributed by atoms with Crippen LogP contribution in [0.1, 0.15) is 20.8 Å². The monoisotopic (exact) mass is 122 g/mol. The Hall–Kier alpha value is 0.822. The van der Waals surface area contributed by atoms with Crippen LogP contribution in [0.3, 0.4) is 0 Å². The van der Waals surface area contributed by atoms with Crippen molar-refractivity contribution in [1.29, 1.82) is 0 Å². The zero-order valence-electron chi connectivity index (χ0n) is 3.50. The molecule has 0 saturated heterocycles. The van der Waals surface area contributed by atoms with Crippen molar-refractivity contribution in [3.8, 4) is 0 Å². The van der Waals surface area contributed by atoms with Gasteiger partial charge >= 0.3 is 14.3 Å². The van der Waals surface area contributed by atoms with Gasteiger partial charge in [0.2, 0.25) is 0 Å². The lowest BCUT2D eigenvalue weighted by Gasteiger charge is -1.73. The summed E-state index contributed by atoms with van der Waals surface area (Å²) >= 11 is -0.114. The van der Waals surface area contributed by atoms with Crippen molar-refractivity contribution in [3.05, 3.63) is 0 Å². The van der Waals surface area contributed by atoms with Crippen LogP contribution in [0.15, 0.2) is 0 Å². The van der Waals surface area contributed by atoms with E-state index in [0.29, 0.717) is 0 Å². The highest BCUT2D eigenvalue weighted by Crippen LogP contribution is 1.85. The smallest absolute Gasteiger partial charge is 0.267 e. The second kappa shape index (κ2) is 9.27. The fourth-order valence-electron chi connectivity index (χ4n) is 0.134. The van der Waals surface area contributed by atoms with Gasteiger partial charge in [-0.05, 0) is 0 Å². The molecule has 0 aromatic rings. The van der Waals surface area contributed by atoms with Gasteiger partial charge < -0.3 is 0 Å². The predicted octanol–water partition coefficient (Wildman–Crippen LogP) is 2.04. The lowest BCUT2D eigenvalue weighted by atomic mass is 10.6. The number of hydrogen-bond acceptors (Lipinski definition) is 0. The largest absolute Gasteiger partial charge is 0.376 e. The molecule has 0 aromatic heterocycles. The lowest BCUT2D eigenvalue weighted by Crippen LogP contribution is -1.69. The van der Waals surface area contributed by atoms with E-state index >= 15 is 0 Å². The third kappa shape index (κ3) is 8.85. The second-order valence-electron chi connectivity index (χ2n) is 1.04. The summed E-state index contributed by atoms with van der Waals surface area (Å²) in [5, 5.41) is 1.29. The summed E-state index contributed by atoms with van der Waals surface area (Å²) in [6, 6.07) is 0. The Bertz CT molecular complexity index is 15.0.